The maximum Gasteiger partial charge on any atom is 0.206 e. The van der Waals surface area contributed by atoms with E-state index in [-0.39, 0.29) is 17.3 Å². The number of aromatic hydroxyl groups is 2. The van der Waals surface area contributed by atoms with E-state index >= 15 is 0 Å². The summed E-state index contributed by atoms with van der Waals surface area (Å²) in [6.45, 7) is 0. The summed E-state index contributed by atoms with van der Waals surface area (Å²) in [5, 5.41) is 26.1. The van der Waals surface area contributed by atoms with E-state index in [9.17, 15) is 14.6 Å². The summed E-state index contributed by atoms with van der Waals surface area (Å²) < 4.78 is 14.7. The van der Waals surface area contributed by atoms with Crippen LogP contribution in [-0.4, -0.2) is 27.1 Å². The number of hydrogen-bond acceptors (Lipinski definition) is 5. The first-order valence-corrected chi connectivity index (χ1v) is 9.05. The van der Waals surface area contributed by atoms with Crippen molar-refractivity contribution >= 4 is 17.6 Å². The molecule has 26 heavy (non-hydrogen) atoms. The maximum atomic E-state index is 13.1. The van der Waals surface area contributed by atoms with Crippen LogP contribution in [0.5, 0.6) is 11.5 Å². The minimum atomic E-state index is -0.301. The molecule has 1 aromatic heterocycles. The Morgan fingerprint density at radius 2 is 1.88 bits per heavy atom. The third-order valence-corrected chi connectivity index (χ3v) is 4.81. The van der Waals surface area contributed by atoms with Gasteiger partial charge in [0.25, 0.3) is 0 Å². The minimum absolute atomic E-state index is 0.00858. The number of thiazole rings is 1. The molecule has 1 aliphatic rings. The van der Waals surface area contributed by atoms with Gasteiger partial charge in [-0.15, -0.1) is 11.3 Å². The number of hydrogen-bond donors (Lipinski definition) is 2. The van der Waals surface area contributed by atoms with Gasteiger partial charge in [0.05, 0.1) is 18.0 Å². The zero-order chi connectivity index (χ0) is 18.1. The topological polar surface area (TPSA) is 70.1 Å². The lowest BCUT2D eigenvalue weighted by Gasteiger charge is -2.06. The first-order chi connectivity index (χ1) is 12.6. The van der Waals surface area contributed by atoms with Crippen LogP contribution in [0.25, 0.3) is 11.3 Å². The largest absolute Gasteiger partial charge is 0.508 e. The lowest BCUT2D eigenvalue weighted by molar-refractivity contribution is 0.451. The predicted octanol–water partition coefficient (Wildman–Crippen LogP) is 3.71. The Morgan fingerprint density at radius 3 is 2.58 bits per heavy atom. The van der Waals surface area contributed by atoms with E-state index in [1.165, 1.54) is 35.6 Å². The molecule has 0 bridgehead atoms. The second-order valence-electron chi connectivity index (χ2n) is 6.07. The van der Waals surface area contributed by atoms with Crippen LogP contribution in [0.3, 0.4) is 0 Å². The Labute approximate surface area is 153 Å². The summed E-state index contributed by atoms with van der Waals surface area (Å²) in [6.07, 6.45) is 3.76. The van der Waals surface area contributed by atoms with Crippen molar-refractivity contribution in [3.63, 3.8) is 0 Å². The summed E-state index contributed by atoms with van der Waals surface area (Å²) in [4.78, 5) is 5.40. The van der Waals surface area contributed by atoms with Crippen LogP contribution in [0.4, 0.5) is 4.39 Å². The molecule has 1 saturated carbocycles. The summed E-state index contributed by atoms with van der Waals surface area (Å²) >= 11 is 1.44. The highest BCUT2D eigenvalue weighted by Gasteiger charge is 2.21. The van der Waals surface area contributed by atoms with E-state index in [1.54, 1.807) is 29.1 Å². The van der Waals surface area contributed by atoms with Crippen molar-refractivity contribution < 1.29 is 14.6 Å². The normalized spacial score (nSPS) is 15.0. The minimum Gasteiger partial charge on any atom is -0.508 e. The van der Waals surface area contributed by atoms with Crippen molar-refractivity contribution in [2.75, 3.05) is 0 Å². The standard InChI is InChI=1S/C19H16FN3O2S/c20-13-3-1-12(2-4-13)10-21-23-17(11-26-19(23)22-14-5-6-14)16-8-7-15(24)9-18(16)25/h1-4,7-11,14,24-25H,5-6H2/b21-10+,22-19?. The van der Waals surface area contributed by atoms with E-state index in [4.69, 9.17) is 0 Å². The maximum absolute atomic E-state index is 13.1. The van der Waals surface area contributed by atoms with E-state index in [0.717, 1.165) is 23.2 Å². The van der Waals surface area contributed by atoms with Gasteiger partial charge in [-0.3, -0.25) is 4.99 Å². The molecule has 0 aliphatic heterocycles. The number of nitrogens with zero attached hydrogens (tertiary/aromatic N) is 3. The van der Waals surface area contributed by atoms with Crippen LogP contribution >= 0.6 is 11.3 Å². The van der Waals surface area contributed by atoms with Crippen molar-refractivity contribution in [2.45, 2.75) is 18.9 Å². The molecule has 132 valence electrons. The van der Waals surface area contributed by atoms with Gasteiger partial charge in [-0.2, -0.15) is 5.10 Å². The van der Waals surface area contributed by atoms with Gasteiger partial charge >= 0.3 is 0 Å². The van der Waals surface area contributed by atoms with Crippen molar-refractivity contribution in [1.29, 1.82) is 0 Å². The highest BCUT2D eigenvalue weighted by Crippen LogP contribution is 2.32. The van der Waals surface area contributed by atoms with Crippen LogP contribution in [-0.2, 0) is 0 Å². The molecule has 0 atom stereocenters. The fourth-order valence-electron chi connectivity index (χ4n) is 2.46. The third kappa shape index (κ3) is 3.52. The molecule has 2 N–H and O–H groups in total. The Bertz CT molecular complexity index is 1030. The number of phenols is 2. The summed E-state index contributed by atoms with van der Waals surface area (Å²) in [5.41, 5.74) is 1.97. The molecule has 3 aromatic rings. The Kier molecular flexibility index (Phi) is 4.30. The van der Waals surface area contributed by atoms with Gasteiger partial charge in [0.15, 0.2) is 0 Å². The number of benzene rings is 2. The zero-order valence-corrected chi connectivity index (χ0v) is 14.5. The highest BCUT2D eigenvalue weighted by atomic mass is 32.1. The first-order valence-electron chi connectivity index (χ1n) is 8.17. The molecule has 0 radical (unpaired) electrons. The molecule has 5 nitrogen and oxygen atoms in total. The molecular formula is C19H16FN3O2S. The molecule has 2 aromatic carbocycles. The SMILES string of the molecule is Oc1ccc(-c2csc(=NC3CC3)n2/N=C/c2ccc(F)cc2)c(O)c1. The highest BCUT2D eigenvalue weighted by molar-refractivity contribution is 7.07. The van der Waals surface area contributed by atoms with Crippen LogP contribution in [0.2, 0.25) is 0 Å². The fourth-order valence-corrected chi connectivity index (χ4v) is 3.35. The molecule has 0 saturated heterocycles. The lowest BCUT2D eigenvalue weighted by Crippen LogP contribution is -2.13. The van der Waals surface area contributed by atoms with Gasteiger partial charge in [-0.25, -0.2) is 9.07 Å². The van der Waals surface area contributed by atoms with E-state index in [2.05, 4.69) is 10.1 Å². The number of phenolic OH excluding ortho intramolecular Hbond substituents is 2. The monoisotopic (exact) mass is 369 g/mol. The molecule has 0 spiro atoms. The van der Waals surface area contributed by atoms with Crippen molar-refractivity contribution in [3.05, 3.63) is 64.0 Å². The second kappa shape index (κ2) is 6.76. The number of rotatable bonds is 4. The van der Waals surface area contributed by atoms with Crippen LogP contribution < -0.4 is 4.80 Å². The van der Waals surface area contributed by atoms with E-state index in [0.29, 0.717) is 17.3 Å². The average Bonchev–Trinajstić information content (AvgIpc) is 3.35. The van der Waals surface area contributed by atoms with Gasteiger partial charge < -0.3 is 10.2 Å². The molecule has 1 heterocycles. The molecule has 0 unspecified atom stereocenters. The molecule has 1 fully saturated rings. The summed E-state index contributed by atoms with van der Waals surface area (Å²) in [7, 11) is 0. The summed E-state index contributed by atoms with van der Waals surface area (Å²) in [6, 6.07) is 10.8. The molecule has 4 rings (SSSR count). The van der Waals surface area contributed by atoms with Crippen LogP contribution in [0.1, 0.15) is 18.4 Å². The Morgan fingerprint density at radius 1 is 1.12 bits per heavy atom. The Balaban J connectivity index is 1.80. The van der Waals surface area contributed by atoms with E-state index in [1.807, 2.05) is 5.38 Å². The fraction of sp³-hybridized carbons (Fsp3) is 0.158. The van der Waals surface area contributed by atoms with Gasteiger partial charge in [0.2, 0.25) is 4.80 Å². The third-order valence-electron chi connectivity index (χ3n) is 3.97. The van der Waals surface area contributed by atoms with Crippen molar-refractivity contribution in [2.24, 2.45) is 10.1 Å². The molecular weight excluding hydrogens is 353 g/mol. The summed E-state index contributed by atoms with van der Waals surface area (Å²) in [5.74, 6) is -0.346. The number of aromatic nitrogens is 1. The molecule has 7 heteroatoms. The second-order valence-corrected chi connectivity index (χ2v) is 6.91. The predicted molar refractivity (Wildman–Crippen MR) is 99.1 cm³/mol. The lowest BCUT2D eigenvalue weighted by atomic mass is 10.1. The van der Waals surface area contributed by atoms with Gasteiger partial charge in [-0.1, -0.05) is 12.1 Å². The quantitative estimate of drug-likeness (QED) is 0.688. The molecule has 1 aliphatic carbocycles. The van der Waals surface area contributed by atoms with Crippen LogP contribution in [0, 0.1) is 5.82 Å². The van der Waals surface area contributed by atoms with Crippen LogP contribution in [0.15, 0.2) is 57.9 Å². The van der Waals surface area contributed by atoms with Gasteiger partial charge in [0.1, 0.15) is 17.3 Å². The van der Waals surface area contributed by atoms with E-state index < -0.39 is 0 Å². The van der Waals surface area contributed by atoms with Gasteiger partial charge in [-0.05, 0) is 42.7 Å². The first kappa shape index (κ1) is 16.5. The number of halogens is 1. The smallest absolute Gasteiger partial charge is 0.206 e. The zero-order valence-electron chi connectivity index (χ0n) is 13.7. The van der Waals surface area contributed by atoms with Crippen molar-refractivity contribution in [1.82, 2.24) is 4.68 Å². The Hall–Kier alpha value is -2.93. The van der Waals surface area contributed by atoms with Gasteiger partial charge in [0, 0.05) is 17.0 Å². The average molecular weight is 369 g/mol. The van der Waals surface area contributed by atoms with Crippen molar-refractivity contribution in [3.8, 4) is 22.8 Å². The molecule has 0 amide bonds.